The summed E-state index contributed by atoms with van der Waals surface area (Å²) in [5.74, 6) is -0.396. The SMILES string of the molecule is C=CCNC(=O)N[C@H]1CCN2C(=O)c3cc(-c4ccc(SC)cc4)ccc3NC(=O)[C@@H]2C1. The number of anilines is 1. The molecule has 8 heteroatoms. The number of urea groups is 1. The summed E-state index contributed by atoms with van der Waals surface area (Å²) in [5, 5.41) is 8.47. The van der Waals surface area contributed by atoms with E-state index in [2.05, 4.69) is 22.5 Å². The van der Waals surface area contributed by atoms with Crippen LogP contribution in [0.2, 0.25) is 0 Å². The summed E-state index contributed by atoms with van der Waals surface area (Å²) in [6.07, 6.45) is 4.59. The Morgan fingerprint density at radius 2 is 1.97 bits per heavy atom. The molecule has 0 aliphatic carbocycles. The maximum absolute atomic E-state index is 13.4. The fraction of sp³-hybridized carbons (Fsp3) is 0.292. The number of rotatable bonds is 5. The van der Waals surface area contributed by atoms with E-state index in [9.17, 15) is 14.4 Å². The molecule has 4 rings (SSSR count). The van der Waals surface area contributed by atoms with Crippen LogP contribution in [0.3, 0.4) is 0 Å². The molecule has 2 heterocycles. The van der Waals surface area contributed by atoms with E-state index in [0.29, 0.717) is 37.2 Å². The van der Waals surface area contributed by atoms with E-state index in [0.717, 1.165) is 11.1 Å². The molecular formula is C24H26N4O3S. The smallest absolute Gasteiger partial charge is 0.315 e. The number of piperidine rings is 1. The second-order valence-electron chi connectivity index (χ2n) is 7.86. The van der Waals surface area contributed by atoms with Gasteiger partial charge in [-0.2, -0.15) is 0 Å². The third kappa shape index (κ3) is 4.50. The number of nitrogens with zero attached hydrogens (tertiary/aromatic N) is 1. The molecule has 166 valence electrons. The Morgan fingerprint density at radius 3 is 2.69 bits per heavy atom. The molecule has 0 unspecified atom stereocenters. The molecule has 2 aromatic rings. The van der Waals surface area contributed by atoms with Gasteiger partial charge in [0, 0.05) is 24.0 Å². The van der Waals surface area contributed by atoms with Crippen LogP contribution in [0.25, 0.3) is 11.1 Å². The largest absolute Gasteiger partial charge is 0.335 e. The zero-order valence-electron chi connectivity index (χ0n) is 17.9. The van der Waals surface area contributed by atoms with E-state index >= 15 is 0 Å². The van der Waals surface area contributed by atoms with Gasteiger partial charge in [0.15, 0.2) is 0 Å². The van der Waals surface area contributed by atoms with Gasteiger partial charge in [-0.1, -0.05) is 24.3 Å². The molecule has 32 heavy (non-hydrogen) atoms. The minimum absolute atomic E-state index is 0.166. The van der Waals surface area contributed by atoms with Crippen LogP contribution in [0.5, 0.6) is 0 Å². The van der Waals surface area contributed by atoms with Crippen molar-refractivity contribution < 1.29 is 14.4 Å². The Balaban J connectivity index is 1.55. The van der Waals surface area contributed by atoms with Crippen LogP contribution in [-0.2, 0) is 4.79 Å². The van der Waals surface area contributed by atoms with Crippen molar-refractivity contribution in [2.75, 3.05) is 24.7 Å². The number of amides is 4. The van der Waals surface area contributed by atoms with Gasteiger partial charge in [-0.3, -0.25) is 9.59 Å². The summed E-state index contributed by atoms with van der Waals surface area (Å²) in [6, 6.07) is 12.6. The van der Waals surface area contributed by atoms with E-state index in [1.807, 2.05) is 42.7 Å². The number of nitrogens with one attached hydrogen (secondary N) is 3. The molecule has 2 aliphatic heterocycles. The molecule has 0 bridgehead atoms. The predicted molar refractivity (Wildman–Crippen MR) is 127 cm³/mol. The van der Waals surface area contributed by atoms with Gasteiger partial charge < -0.3 is 20.9 Å². The number of benzene rings is 2. The zero-order valence-corrected chi connectivity index (χ0v) is 18.7. The minimum Gasteiger partial charge on any atom is -0.335 e. The molecule has 7 nitrogen and oxygen atoms in total. The third-order valence-electron chi connectivity index (χ3n) is 5.84. The average molecular weight is 451 g/mol. The standard InChI is InChI=1S/C24H26N4O3S/c1-3-11-25-24(31)26-17-10-12-28-21(14-17)22(29)27-20-9-6-16(13-19(20)23(28)30)15-4-7-18(32-2)8-5-15/h3-9,13,17,21H,1,10-12,14H2,2H3,(H,27,29)(H2,25,26,31)/t17-,21-/m0/s1. The maximum Gasteiger partial charge on any atom is 0.315 e. The van der Waals surface area contributed by atoms with Gasteiger partial charge in [-0.25, -0.2) is 4.79 Å². The quantitative estimate of drug-likeness (QED) is 0.481. The Bertz CT molecular complexity index is 1050. The van der Waals surface area contributed by atoms with Crippen molar-refractivity contribution in [1.82, 2.24) is 15.5 Å². The van der Waals surface area contributed by atoms with Crippen molar-refractivity contribution in [3.05, 3.63) is 60.7 Å². The summed E-state index contributed by atoms with van der Waals surface area (Å²) in [6.45, 7) is 4.34. The molecule has 2 aliphatic rings. The molecule has 1 saturated heterocycles. The summed E-state index contributed by atoms with van der Waals surface area (Å²) in [7, 11) is 0. The van der Waals surface area contributed by atoms with Crippen molar-refractivity contribution in [3.63, 3.8) is 0 Å². The lowest BCUT2D eigenvalue weighted by molar-refractivity contribution is -0.121. The minimum atomic E-state index is -0.627. The van der Waals surface area contributed by atoms with Crippen LogP contribution in [-0.4, -0.2) is 54.2 Å². The zero-order chi connectivity index (χ0) is 22.7. The molecule has 0 aromatic heterocycles. The van der Waals surface area contributed by atoms with Crippen molar-refractivity contribution in [2.24, 2.45) is 0 Å². The average Bonchev–Trinajstić information content (AvgIpc) is 2.92. The second kappa shape index (κ2) is 9.48. The number of thioether (sulfide) groups is 1. The lowest BCUT2D eigenvalue weighted by atomic mass is 9.96. The van der Waals surface area contributed by atoms with E-state index in [-0.39, 0.29) is 23.9 Å². The fourth-order valence-electron chi connectivity index (χ4n) is 4.15. The first-order valence-electron chi connectivity index (χ1n) is 10.6. The number of hydrogen-bond acceptors (Lipinski definition) is 4. The normalized spacial score (nSPS) is 19.8. The van der Waals surface area contributed by atoms with Gasteiger partial charge in [0.1, 0.15) is 6.04 Å². The van der Waals surface area contributed by atoms with Crippen LogP contribution >= 0.6 is 11.8 Å². The molecule has 3 N–H and O–H groups in total. The van der Waals surface area contributed by atoms with Gasteiger partial charge in [-0.15, -0.1) is 18.3 Å². The molecule has 2 atom stereocenters. The van der Waals surface area contributed by atoms with Crippen LogP contribution in [0.1, 0.15) is 23.2 Å². The fourth-order valence-corrected chi connectivity index (χ4v) is 4.56. The first-order chi connectivity index (χ1) is 15.5. The van der Waals surface area contributed by atoms with Crippen LogP contribution in [0.15, 0.2) is 60.0 Å². The summed E-state index contributed by atoms with van der Waals surface area (Å²) < 4.78 is 0. The first kappa shape index (κ1) is 22.0. The summed E-state index contributed by atoms with van der Waals surface area (Å²) in [5.41, 5.74) is 2.95. The predicted octanol–water partition coefficient (Wildman–Crippen LogP) is 3.49. The maximum atomic E-state index is 13.4. The van der Waals surface area contributed by atoms with Crippen molar-refractivity contribution in [2.45, 2.75) is 29.8 Å². The van der Waals surface area contributed by atoms with Crippen molar-refractivity contribution >= 4 is 35.3 Å². The van der Waals surface area contributed by atoms with Crippen LogP contribution in [0, 0.1) is 0 Å². The van der Waals surface area contributed by atoms with E-state index < -0.39 is 6.04 Å². The van der Waals surface area contributed by atoms with Crippen LogP contribution in [0.4, 0.5) is 10.5 Å². The van der Waals surface area contributed by atoms with E-state index in [1.54, 1.807) is 28.8 Å². The highest BCUT2D eigenvalue weighted by Crippen LogP contribution is 2.32. The van der Waals surface area contributed by atoms with E-state index in [1.165, 1.54) is 4.90 Å². The van der Waals surface area contributed by atoms with Gasteiger partial charge in [0.2, 0.25) is 5.91 Å². The van der Waals surface area contributed by atoms with E-state index in [4.69, 9.17) is 0 Å². The Kier molecular flexibility index (Phi) is 6.50. The van der Waals surface area contributed by atoms with Gasteiger partial charge in [0.25, 0.3) is 5.91 Å². The summed E-state index contributed by atoms with van der Waals surface area (Å²) in [4.78, 5) is 41.1. The summed E-state index contributed by atoms with van der Waals surface area (Å²) >= 11 is 1.68. The molecule has 4 amide bonds. The second-order valence-corrected chi connectivity index (χ2v) is 8.74. The highest BCUT2D eigenvalue weighted by molar-refractivity contribution is 7.98. The highest BCUT2D eigenvalue weighted by Gasteiger charge is 2.40. The first-order valence-corrected chi connectivity index (χ1v) is 11.8. The molecular weight excluding hydrogens is 424 g/mol. The number of fused-ring (bicyclic) bond motifs is 2. The molecule has 1 fully saturated rings. The van der Waals surface area contributed by atoms with Gasteiger partial charge >= 0.3 is 6.03 Å². The third-order valence-corrected chi connectivity index (χ3v) is 6.58. The molecule has 0 saturated carbocycles. The van der Waals surface area contributed by atoms with Crippen molar-refractivity contribution in [3.8, 4) is 11.1 Å². The number of carbonyl (C=O) groups is 3. The Morgan fingerprint density at radius 1 is 1.22 bits per heavy atom. The van der Waals surface area contributed by atoms with Crippen molar-refractivity contribution in [1.29, 1.82) is 0 Å². The number of hydrogen-bond donors (Lipinski definition) is 3. The lowest BCUT2D eigenvalue weighted by Gasteiger charge is -2.37. The lowest BCUT2D eigenvalue weighted by Crippen LogP contribution is -2.56. The number of carbonyl (C=O) groups excluding carboxylic acids is 3. The van der Waals surface area contributed by atoms with Crippen LogP contribution < -0.4 is 16.0 Å². The Hall–Kier alpha value is -3.26. The van der Waals surface area contributed by atoms with Gasteiger partial charge in [-0.05, 0) is 54.5 Å². The topological polar surface area (TPSA) is 90.5 Å². The molecule has 0 spiro atoms. The molecule has 2 aromatic carbocycles. The Labute approximate surface area is 191 Å². The van der Waals surface area contributed by atoms with Gasteiger partial charge in [0.05, 0.1) is 11.3 Å². The highest BCUT2D eigenvalue weighted by atomic mass is 32.2. The monoisotopic (exact) mass is 450 g/mol. The molecule has 0 radical (unpaired) electrons.